The first-order valence-corrected chi connectivity index (χ1v) is 24.1. The molecule has 0 radical (unpaired) electrons. The Labute approximate surface area is 402 Å². The number of aromatic carboxylic acids is 1. The molecule has 8 rings (SSSR count). The predicted molar refractivity (Wildman–Crippen MR) is 255 cm³/mol. The third-order valence-corrected chi connectivity index (χ3v) is 13.8. The van der Waals surface area contributed by atoms with Gasteiger partial charge in [0.2, 0.25) is 4.99 Å². The number of aromatic nitrogens is 3. The molecule has 5 aromatic rings. The van der Waals surface area contributed by atoms with Gasteiger partial charge in [-0.15, -0.1) is 17.7 Å². The molecule has 3 saturated heterocycles. The van der Waals surface area contributed by atoms with E-state index in [1.54, 1.807) is 18.7 Å². The smallest absolute Gasteiger partial charge is 0.338 e. The largest absolute Gasteiger partial charge is 0.488 e. The van der Waals surface area contributed by atoms with Crippen LogP contribution in [-0.2, 0) is 31.7 Å². The summed E-state index contributed by atoms with van der Waals surface area (Å²) in [5.41, 5.74) is 1.81. The zero-order valence-corrected chi connectivity index (χ0v) is 39.9. The van der Waals surface area contributed by atoms with Gasteiger partial charge in [0, 0.05) is 66.6 Å². The molecule has 3 aliphatic heterocycles. The number of ether oxygens (including phenoxy) is 3. The van der Waals surface area contributed by atoms with Gasteiger partial charge in [0.25, 0.3) is 10.1 Å². The third kappa shape index (κ3) is 10.6. The van der Waals surface area contributed by atoms with Crippen molar-refractivity contribution < 1.29 is 50.7 Å². The molecule has 4 heterocycles. The molecule has 69 heavy (non-hydrogen) atoms. The van der Waals surface area contributed by atoms with Gasteiger partial charge in [-0.1, -0.05) is 13.0 Å². The first kappa shape index (κ1) is 49.0. The molecule has 3 fully saturated rings. The van der Waals surface area contributed by atoms with Crippen molar-refractivity contribution in [1.29, 1.82) is 0 Å². The van der Waals surface area contributed by atoms with Gasteiger partial charge >= 0.3 is 12.0 Å². The molecular weight excluding hydrogens is 939 g/mol. The number of hydrogen-bond donors (Lipinski definition) is 4. The molecule has 3 N–H and O–H groups in total. The van der Waals surface area contributed by atoms with Crippen molar-refractivity contribution in [2.24, 2.45) is 10.2 Å². The Hall–Kier alpha value is -6.40. The van der Waals surface area contributed by atoms with Crippen molar-refractivity contribution in [3.05, 3.63) is 120 Å². The second kappa shape index (κ2) is 19.9. The number of piperazine rings is 1. The molecule has 0 aliphatic carbocycles. The van der Waals surface area contributed by atoms with Crippen molar-refractivity contribution in [3.63, 3.8) is 0 Å². The van der Waals surface area contributed by atoms with Crippen molar-refractivity contribution in [3.8, 4) is 5.75 Å². The normalized spacial score (nSPS) is 21.5. The van der Waals surface area contributed by atoms with E-state index in [0.717, 1.165) is 43.6 Å². The second-order valence-corrected chi connectivity index (χ2v) is 19.5. The van der Waals surface area contributed by atoms with E-state index in [9.17, 15) is 32.1 Å². The number of thiol groups is 1. The zero-order chi connectivity index (χ0) is 49.3. The van der Waals surface area contributed by atoms with E-state index in [4.69, 9.17) is 26.8 Å². The lowest BCUT2D eigenvalue weighted by Gasteiger charge is -2.37. The fraction of sp³-hybridized carbons (Fsp3) is 0.391. The number of hydrogen-bond acceptors (Lipinski definition) is 15. The monoisotopic (exact) mass is 990 g/mol. The highest BCUT2D eigenvalue weighted by atomic mass is 32.2. The number of carbonyl (C=O) groups excluding carboxylic acids is 1. The van der Waals surface area contributed by atoms with E-state index < -0.39 is 50.0 Å². The minimum atomic E-state index is -4.47. The van der Waals surface area contributed by atoms with Crippen LogP contribution in [0.1, 0.15) is 48.7 Å². The van der Waals surface area contributed by atoms with Gasteiger partial charge in [-0.3, -0.25) is 14.4 Å². The molecular formula is C46H52F2N10O9S2. The Morgan fingerprint density at radius 3 is 2.23 bits per heavy atom. The summed E-state index contributed by atoms with van der Waals surface area (Å²) in [6, 6.07) is 20.6. The Balaban J connectivity index is 0.866. The van der Waals surface area contributed by atoms with Crippen LogP contribution in [0.2, 0.25) is 0 Å². The van der Waals surface area contributed by atoms with Crippen LogP contribution in [0.4, 0.5) is 42.0 Å². The topological polar surface area (TPSA) is 217 Å². The fourth-order valence-corrected chi connectivity index (χ4v) is 9.91. The van der Waals surface area contributed by atoms with Gasteiger partial charge in [0.05, 0.1) is 25.3 Å². The summed E-state index contributed by atoms with van der Waals surface area (Å²) in [5, 5.41) is 24.3. The summed E-state index contributed by atoms with van der Waals surface area (Å²) >= 11 is 4.84. The van der Waals surface area contributed by atoms with Crippen molar-refractivity contribution in [1.82, 2.24) is 19.7 Å². The van der Waals surface area contributed by atoms with E-state index in [2.05, 4.69) is 35.4 Å². The molecule has 23 heteroatoms. The average Bonchev–Trinajstić information content (AvgIpc) is 4.05. The molecule has 2 unspecified atom stereocenters. The lowest BCUT2D eigenvalue weighted by Crippen LogP contribution is -2.46. The number of rotatable bonds is 17. The van der Waals surface area contributed by atoms with Crippen LogP contribution in [0.5, 0.6) is 5.75 Å². The number of carboxylic acids is 1. The molecule has 4 atom stereocenters. The Morgan fingerprint density at radius 2 is 1.65 bits per heavy atom. The minimum absolute atomic E-state index is 0.00149. The first-order valence-electron chi connectivity index (χ1n) is 22.1. The lowest BCUT2D eigenvalue weighted by molar-refractivity contribution is -0.117. The van der Waals surface area contributed by atoms with Crippen molar-refractivity contribution >= 4 is 63.2 Å². The van der Waals surface area contributed by atoms with Gasteiger partial charge < -0.3 is 34.4 Å². The van der Waals surface area contributed by atoms with Crippen LogP contribution in [0, 0.1) is 18.6 Å². The van der Waals surface area contributed by atoms with E-state index in [1.807, 2.05) is 62.4 Å². The quantitative estimate of drug-likeness (QED) is 0.0409. The Bertz CT molecular complexity index is 2800. The number of urea groups is 1. The second-order valence-electron chi connectivity index (χ2n) is 17.2. The summed E-state index contributed by atoms with van der Waals surface area (Å²) in [4.78, 5) is 36.3. The summed E-state index contributed by atoms with van der Waals surface area (Å²) in [7, 11) is -4.47. The maximum Gasteiger partial charge on any atom is 0.338 e. The summed E-state index contributed by atoms with van der Waals surface area (Å²) in [6.07, 6.45) is 2.03. The maximum absolute atomic E-state index is 15.0. The van der Waals surface area contributed by atoms with E-state index in [1.165, 1.54) is 46.5 Å². The molecule has 0 saturated carbocycles. The molecule has 19 nitrogen and oxygen atoms in total. The van der Waals surface area contributed by atoms with E-state index in [-0.39, 0.29) is 67.3 Å². The lowest BCUT2D eigenvalue weighted by atomic mass is 9.94. The van der Waals surface area contributed by atoms with Crippen LogP contribution in [-0.4, -0.2) is 118 Å². The minimum Gasteiger partial charge on any atom is -0.488 e. The molecule has 1 aromatic heterocycles. The molecule has 0 spiro atoms. The highest BCUT2D eigenvalue weighted by Gasteiger charge is 2.50. The summed E-state index contributed by atoms with van der Waals surface area (Å²) < 4.78 is 81.7. The highest BCUT2D eigenvalue weighted by Crippen LogP contribution is 2.40. The number of carbonyl (C=O) groups is 2. The van der Waals surface area contributed by atoms with Gasteiger partial charge in [-0.05, 0) is 99.5 Å². The number of azo groups is 1. The summed E-state index contributed by atoms with van der Waals surface area (Å²) in [6.45, 7) is 9.88. The zero-order valence-electron chi connectivity index (χ0n) is 38.1. The number of carboxylic acid groups (broad SMARTS) is 1. The maximum atomic E-state index is 15.0. The molecule has 4 aromatic carbocycles. The van der Waals surface area contributed by atoms with E-state index in [0.29, 0.717) is 17.0 Å². The summed E-state index contributed by atoms with van der Waals surface area (Å²) in [5.74, 6) is -2.21. The van der Waals surface area contributed by atoms with Crippen LogP contribution in [0.3, 0.4) is 0 Å². The standard InChI is InChI=1S/C46H52F2N10O9S2/c1-5-41(69(62,63)64)51-39-22-36(43(59)60)40(20-30(39)4)52-53-46(68)25-57(44(61)58(46)29(2)3)34-9-7-32(8-10-34)54-16-18-55(19-17-54)33-11-13-35(14-12-33)65-23-42-66-26-45(67-42,24-56-28-49-27-50-56)37-15-6-31(47)21-38(37)48/h6-15,20-22,27-29,41-42,51,68H,5,16-19,23-26H2,1-4H3,(H,59,60)(H,62,63,64)/t41?,42-,45+,46?/m0/s1. The number of anilines is 4. The van der Waals surface area contributed by atoms with Crippen LogP contribution < -0.4 is 24.8 Å². The van der Waals surface area contributed by atoms with Crippen LogP contribution in [0.25, 0.3) is 0 Å². The molecule has 366 valence electrons. The van der Waals surface area contributed by atoms with Gasteiger partial charge in [-0.2, -0.15) is 18.6 Å². The number of aryl methyl sites for hydroxylation is 1. The Kier molecular flexibility index (Phi) is 14.1. The number of nitrogens with zero attached hydrogens (tertiary/aromatic N) is 9. The predicted octanol–water partition coefficient (Wildman–Crippen LogP) is 7.29. The van der Waals surface area contributed by atoms with Gasteiger partial charge in [0.15, 0.2) is 11.7 Å². The third-order valence-electron chi connectivity index (χ3n) is 12.2. The van der Waals surface area contributed by atoms with Crippen LogP contribution in [0.15, 0.2) is 102 Å². The number of amides is 2. The highest BCUT2D eigenvalue weighted by molar-refractivity contribution is 7.86. The molecule has 0 bridgehead atoms. The molecule has 2 amide bonds. The van der Waals surface area contributed by atoms with Gasteiger partial charge in [-0.25, -0.2) is 28.0 Å². The van der Waals surface area contributed by atoms with E-state index >= 15 is 4.39 Å². The average molecular weight is 991 g/mol. The number of halogens is 2. The van der Waals surface area contributed by atoms with Crippen molar-refractivity contribution in [2.45, 2.75) is 69.0 Å². The molecule has 3 aliphatic rings. The number of benzene rings is 4. The first-order chi connectivity index (χ1) is 32.9. The SMILES string of the molecule is CCC(Nc1cc(C(=O)O)c(N=NC2(S)CN(c3ccc(N4CCN(c5ccc(OC[C@H]6OC[C@](Cn7cncn7)(c7ccc(F)cc7F)O6)cc5)CC4)cc3)C(=O)N2C(C)C)cc1C)S(=O)(=O)O. The number of nitrogens with one attached hydrogen (secondary N) is 1. The van der Waals surface area contributed by atoms with Gasteiger partial charge in [0.1, 0.15) is 47.9 Å². The Morgan fingerprint density at radius 1 is 1.00 bits per heavy atom. The van der Waals surface area contributed by atoms with Crippen molar-refractivity contribution in [2.75, 3.05) is 66.0 Å². The van der Waals surface area contributed by atoms with Crippen LogP contribution >= 0.6 is 12.6 Å². The fourth-order valence-electron chi connectivity index (χ4n) is 8.71.